The van der Waals surface area contributed by atoms with E-state index in [2.05, 4.69) is 27.8 Å². The number of hydrogen-bond donors (Lipinski definition) is 2. The van der Waals surface area contributed by atoms with Gasteiger partial charge in [-0.1, -0.05) is 41.2 Å². The van der Waals surface area contributed by atoms with Gasteiger partial charge in [0.1, 0.15) is 0 Å². The lowest BCUT2D eigenvalue weighted by Gasteiger charge is -2.23. The van der Waals surface area contributed by atoms with Gasteiger partial charge in [0.2, 0.25) is 5.91 Å². The molecular formula is C26H27N3O3S. The number of hydrogen-bond acceptors (Lipinski definition) is 5. The van der Waals surface area contributed by atoms with E-state index in [1.807, 2.05) is 25.1 Å². The van der Waals surface area contributed by atoms with Crippen molar-refractivity contribution >= 4 is 34.1 Å². The first-order chi connectivity index (χ1) is 15.9. The highest BCUT2D eigenvalue weighted by atomic mass is 32.1. The monoisotopic (exact) mass is 461 g/mol. The molecule has 7 heteroatoms. The number of nitrogens with one attached hydrogen (secondary N) is 2. The second-order valence-corrected chi connectivity index (χ2v) is 11.1. The standard InChI is InChI=1S/C26H27N3O3S/c1-14-3-2-4-15(9-14)24(32)29-25-28-20-11-16(12-21(30)22(20)33-25)23(31)27-13-17-10-18-5-6-19(17)26(18)7-8-26/h2-6,9,16-19H,7-8,10-13H2,1H3,(H,27,31)(H,28,29,32). The normalized spacial score (nSPS) is 28.1. The first-order valence-electron chi connectivity index (χ1n) is 11.8. The van der Waals surface area contributed by atoms with E-state index in [0.29, 0.717) is 57.4 Å². The minimum Gasteiger partial charge on any atom is -0.356 e. The Morgan fingerprint density at radius 2 is 2.06 bits per heavy atom. The van der Waals surface area contributed by atoms with Crippen molar-refractivity contribution in [3.05, 3.63) is 58.1 Å². The molecular weight excluding hydrogens is 434 g/mol. The zero-order valence-electron chi connectivity index (χ0n) is 18.6. The Bertz CT molecular complexity index is 1200. The molecule has 0 saturated heterocycles. The number of Topliss-reactive ketones (excluding diaryl/α,β-unsaturated/α-hetero) is 1. The van der Waals surface area contributed by atoms with E-state index in [1.54, 1.807) is 6.07 Å². The first kappa shape index (κ1) is 20.8. The van der Waals surface area contributed by atoms with Crippen LogP contribution in [-0.4, -0.2) is 29.1 Å². The molecule has 2 fully saturated rings. The highest BCUT2D eigenvalue weighted by molar-refractivity contribution is 7.17. The third kappa shape index (κ3) is 3.53. The number of anilines is 1. The number of nitrogens with zero attached hydrogens (tertiary/aromatic N) is 1. The van der Waals surface area contributed by atoms with Gasteiger partial charge in [-0.05, 0) is 61.5 Å². The van der Waals surface area contributed by atoms with Crippen molar-refractivity contribution in [2.24, 2.45) is 29.1 Å². The van der Waals surface area contributed by atoms with E-state index in [-0.39, 0.29) is 24.0 Å². The number of allylic oxidation sites excluding steroid dienone is 2. The Kier molecular flexibility index (Phi) is 4.80. The van der Waals surface area contributed by atoms with Crippen molar-refractivity contribution in [3.8, 4) is 0 Å². The van der Waals surface area contributed by atoms with Crippen LogP contribution in [0, 0.1) is 36.0 Å². The number of ketones is 1. The Labute approximate surface area is 196 Å². The molecule has 2 N–H and O–H groups in total. The molecule has 1 spiro atoms. The number of fused-ring (bicyclic) bond motifs is 1. The van der Waals surface area contributed by atoms with Crippen LogP contribution >= 0.6 is 11.3 Å². The summed E-state index contributed by atoms with van der Waals surface area (Å²) in [5.74, 6) is 1.07. The van der Waals surface area contributed by atoms with Crippen LogP contribution in [0.3, 0.4) is 0 Å². The van der Waals surface area contributed by atoms with Crippen LogP contribution in [0.25, 0.3) is 0 Å². The summed E-state index contributed by atoms with van der Waals surface area (Å²) < 4.78 is 0. The molecule has 2 bridgehead atoms. The SMILES string of the molecule is Cc1cccc(C(=O)Nc2nc3c(s2)C(=O)CC(C(=O)NCC2CC4C=CC2C42CC2)C3)c1. The van der Waals surface area contributed by atoms with Crippen molar-refractivity contribution in [1.29, 1.82) is 0 Å². The third-order valence-corrected chi connectivity index (χ3v) is 9.13. The third-order valence-electron chi connectivity index (χ3n) is 8.08. The van der Waals surface area contributed by atoms with E-state index >= 15 is 0 Å². The second kappa shape index (κ2) is 7.62. The lowest BCUT2D eigenvalue weighted by atomic mass is 9.87. The number of aromatic nitrogens is 1. The Morgan fingerprint density at radius 1 is 1.21 bits per heavy atom. The Hall–Kier alpha value is -2.80. The summed E-state index contributed by atoms with van der Waals surface area (Å²) in [5.41, 5.74) is 2.69. The smallest absolute Gasteiger partial charge is 0.257 e. The predicted molar refractivity (Wildman–Crippen MR) is 126 cm³/mol. The van der Waals surface area contributed by atoms with Crippen molar-refractivity contribution in [3.63, 3.8) is 0 Å². The number of carbonyl (C=O) groups excluding carboxylic acids is 3. The van der Waals surface area contributed by atoms with E-state index in [0.717, 1.165) is 5.56 Å². The van der Waals surface area contributed by atoms with Crippen molar-refractivity contribution in [2.45, 2.75) is 39.0 Å². The van der Waals surface area contributed by atoms with Gasteiger partial charge in [0, 0.05) is 24.9 Å². The van der Waals surface area contributed by atoms with Gasteiger partial charge < -0.3 is 5.32 Å². The van der Waals surface area contributed by atoms with Gasteiger partial charge in [-0.25, -0.2) is 4.98 Å². The van der Waals surface area contributed by atoms with E-state index < -0.39 is 5.92 Å². The fourth-order valence-electron chi connectivity index (χ4n) is 6.26. The maximum absolute atomic E-state index is 12.9. The number of aryl methyl sites for hydroxylation is 1. The number of thiazole rings is 1. The van der Waals surface area contributed by atoms with Crippen molar-refractivity contribution in [1.82, 2.24) is 10.3 Å². The fourth-order valence-corrected chi connectivity index (χ4v) is 7.19. The average Bonchev–Trinajstić information content (AvgIpc) is 3.28. The van der Waals surface area contributed by atoms with Gasteiger partial charge in [0.15, 0.2) is 10.9 Å². The molecule has 2 saturated carbocycles. The lowest BCUT2D eigenvalue weighted by Crippen LogP contribution is -2.38. The number of amides is 2. The molecule has 1 heterocycles. The molecule has 6 rings (SSSR count). The molecule has 33 heavy (non-hydrogen) atoms. The van der Waals surface area contributed by atoms with Crippen LogP contribution in [0.15, 0.2) is 36.4 Å². The van der Waals surface area contributed by atoms with Gasteiger partial charge in [-0.2, -0.15) is 0 Å². The largest absolute Gasteiger partial charge is 0.356 e. The maximum atomic E-state index is 12.9. The van der Waals surface area contributed by atoms with Crippen LogP contribution in [0.5, 0.6) is 0 Å². The highest BCUT2D eigenvalue weighted by Gasteiger charge is 2.62. The lowest BCUT2D eigenvalue weighted by molar-refractivity contribution is -0.125. The molecule has 4 atom stereocenters. The zero-order chi connectivity index (χ0) is 22.7. The summed E-state index contributed by atoms with van der Waals surface area (Å²) in [6.07, 6.45) is 9.21. The highest BCUT2D eigenvalue weighted by Crippen LogP contribution is 2.69. The van der Waals surface area contributed by atoms with Gasteiger partial charge in [0.05, 0.1) is 16.5 Å². The topological polar surface area (TPSA) is 88.2 Å². The molecule has 0 aliphatic heterocycles. The minimum absolute atomic E-state index is 0.0519. The fraction of sp³-hybridized carbons (Fsp3) is 0.462. The van der Waals surface area contributed by atoms with Crippen molar-refractivity contribution in [2.75, 3.05) is 11.9 Å². The van der Waals surface area contributed by atoms with Gasteiger partial charge in [-0.15, -0.1) is 0 Å². The minimum atomic E-state index is -0.392. The molecule has 170 valence electrons. The van der Waals surface area contributed by atoms with Crippen LogP contribution in [0.4, 0.5) is 5.13 Å². The van der Waals surface area contributed by atoms with E-state index in [4.69, 9.17) is 0 Å². The molecule has 4 aliphatic carbocycles. The molecule has 0 radical (unpaired) electrons. The molecule has 2 aromatic rings. The van der Waals surface area contributed by atoms with E-state index in [9.17, 15) is 14.4 Å². The molecule has 1 aromatic heterocycles. The number of rotatable bonds is 5. The summed E-state index contributed by atoms with van der Waals surface area (Å²) in [6, 6.07) is 7.33. The molecule has 1 aromatic carbocycles. The van der Waals surface area contributed by atoms with Crippen LogP contribution < -0.4 is 10.6 Å². The summed E-state index contributed by atoms with van der Waals surface area (Å²) in [6.45, 7) is 2.62. The number of benzene rings is 1. The Morgan fingerprint density at radius 3 is 2.82 bits per heavy atom. The average molecular weight is 462 g/mol. The maximum Gasteiger partial charge on any atom is 0.257 e. The summed E-state index contributed by atoms with van der Waals surface area (Å²) in [5, 5.41) is 6.36. The summed E-state index contributed by atoms with van der Waals surface area (Å²) in [7, 11) is 0. The quantitative estimate of drug-likeness (QED) is 0.655. The molecule has 4 aliphatic rings. The van der Waals surface area contributed by atoms with Crippen LogP contribution in [-0.2, 0) is 11.2 Å². The second-order valence-electron chi connectivity index (χ2n) is 10.1. The zero-order valence-corrected chi connectivity index (χ0v) is 19.4. The van der Waals surface area contributed by atoms with E-state index in [1.165, 1.54) is 30.6 Å². The number of carbonyl (C=O) groups is 3. The van der Waals surface area contributed by atoms with Crippen molar-refractivity contribution < 1.29 is 14.4 Å². The molecule has 4 unspecified atom stereocenters. The summed E-state index contributed by atoms with van der Waals surface area (Å²) >= 11 is 1.20. The van der Waals surface area contributed by atoms with Crippen LogP contribution in [0.1, 0.15) is 57.0 Å². The molecule has 6 nitrogen and oxygen atoms in total. The first-order valence-corrected chi connectivity index (χ1v) is 12.6. The molecule has 2 amide bonds. The Balaban J connectivity index is 1.09. The summed E-state index contributed by atoms with van der Waals surface area (Å²) in [4.78, 5) is 43.3. The predicted octanol–water partition coefficient (Wildman–Crippen LogP) is 4.17. The van der Waals surface area contributed by atoms with Gasteiger partial charge in [0.25, 0.3) is 5.91 Å². The van der Waals surface area contributed by atoms with Gasteiger partial charge in [-0.3, -0.25) is 19.7 Å². The van der Waals surface area contributed by atoms with Gasteiger partial charge >= 0.3 is 0 Å². The van der Waals surface area contributed by atoms with Crippen LogP contribution in [0.2, 0.25) is 0 Å².